The predicted octanol–water partition coefficient (Wildman–Crippen LogP) is 3.79. The minimum absolute atomic E-state index is 0.0157. The lowest BCUT2D eigenvalue weighted by Crippen LogP contribution is -2.48. The maximum atomic E-state index is 14.2. The first-order valence-corrected chi connectivity index (χ1v) is 11.2. The van der Waals surface area contributed by atoms with E-state index < -0.39 is 0 Å². The van der Waals surface area contributed by atoms with Gasteiger partial charge >= 0.3 is 0 Å². The van der Waals surface area contributed by atoms with Crippen LogP contribution in [-0.4, -0.2) is 55.9 Å². The van der Waals surface area contributed by atoms with Crippen molar-refractivity contribution in [1.82, 2.24) is 24.7 Å². The van der Waals surface area contributed by atoms with E-state index in [0.29, 0.717) is 48.1 Å². The van der Waals surface area contributed by atoms with E-state index in [1.165, 1.54) is 10.6 Å². The van der Waals surface area contributed by atoms with Crippen molar-refractivity contribution >= 4 is 17.4 Å². The molecule has 4 aromatic rings. The summed E-state index contributed by atoms with van der Waals surface area (Å²) in [5.74, 6) is 0.571. The van der Waals surface area contributed by atoms with Crippen LogP contribution in [0, 0.1) is 5.82 Å². The third kappa shape index (κ3) is 4.47. The molecule has 1 aliphatic heterocycles. The molecule has 2 unspecified atom stereocenters. The van der Waals surface area contributed by atoms with Gasteiger partial charge in [0.15, 0.2) is 11.5 Å². The molecule has 1 N–H and O–H groups in total. The van der Waals surface area contributed by atoms with Crippen molar-refractivity contribution in [1.29, 1.82) is 0 Å². The molecule has 0 bridgehead atoms. The second-order valence-corrected chi connectivity index (χ2v) is 8.51. The Balaban J connectivity index is 1.28. The van der Waals surface area contributed by atoms with Crippen molar-refractivity contribution in [2.24, 2.45) is 0 Å². The van der Waals surface area contributed by atoms with Crippen LogP contribution in [0.1, 0.15) is 29.8 Å². The van der Waals surface area contributed by atoms with Gasteiger partial charge < -0.3 is 15.0 Å². The summed E-state index contributed by atoms with van der Waals surface area (Å²) >= 11 is 0. The second-order valence-electron chi connectivity index (χ2n) is 8.51. The van der Waals surface area contributed by atoms with Gasteiger partial charge in [-0.15, -0.1) is 15.3 Å². The van der Waals surface area contributed by atoms with Crippen molar-refractivity contribution in [3.05, 3.63) is 77.6 Å². The maximum absolute atomic E-state index is 14.2. The van der Waals surface area contributed by atoms with Crippen LogP contribution in [0.3, 0.4) is 0 Å². The average molecular weight is 461 g/mol. The molecule has 2 aromatic carbocycles. The van der Waals surface area contributed by atoms with Crippen LogP contribution in [0.2, 0.25) is 0 Å². The molecule has 1 amide bonds. The lowest BCUT2D eigenvalue weighted by molar-refractivity contribution is -0.0586. The highest BCUT2D eigenvalue weighted by molar-refractivity contribution is 5.94. The van der Waals surface area contributed by atoms with Gasteiger partial charge in [0.25, 0.3) is 5.91 Å². The summed E-state index contributed by atoms with van der Waals surface area (Å²) in [4.78, 5) is 14.7. The second kappa shape index (κ2) is 9.18. The van der Waals surface area contributed by atoms with E-state index in [2.05, 4.69) is 20.6 Å². The molecule has 0 spiro atoms. The van der Waals surface area contributed by atoms with Gasteiger partial charge in [0.2, 0.25) is 0 Å². The highest BCUT2D eigenvalue weighted by atomic mass is 19.1. The minimum atomic E-state index is -0.382. The quantitative estimate of drug-likeness (QED) is 0.488. The van der Waals surface area contributed by atoms with Crippen molar-refractivity contribution in [3.8, 4) is 11.4 Å². The number of halogens is 1. The van der Waals surface area contributed by atoms with Gasteiger partial charge in [-0.25, -0.2) is 4.39 Å². The van der Waals surface area contributed by atoms with Crippen molar-refractivity contribution < 1.29 is 13.9 Å². The standard InChI is InChI=1S/C25H25FN6O2/c1-16-14-31(15-17(2)34-16)25(33)19-9-7-18(8-10-19)13-27-22-11-12-23-28-29-24(32(23)30-22)20-5-3-4-6-21(20)26/h3-12,16-17H,13-15H2,1-2H3,(H,27,30). The van der Waals surface area contributed by atoms with Gasteiger partial charge in [0.05, 0.1) is 17.8 Å². The van der Waals surface area contributed by atoms with Crippen molar-refractivity contribution in [2.75, 3.05) is 18.4 Å². The van der Waals surface area contributed by atoms with Crippen LogP contribution in [-0.2, 0) is 11.3 Å². The highest BCUT2D eigenvalue weighted by Crippen LogP contribution is 2.21. The van der Waals surface area contributed by atoms with Crippen LogP contribution in [0.25, 0.3) is 17.0 Å². The zero-order valence-electron chi connectivity index (χ0n) is 19.0. The van der Waals surface area contributed by atoms with Gasteiger partial charge in [-0.05, 0) is 55.8 Å². The number of amides is 1. The first-order valence-electron chi connectivity index (χ1n) is 11.2. The number of hydrogen-bond donors (Lipinski definition) is 1. The zero-order valence-corrected chi connectivity index (χ0v) is 19.0. The van der Waals surface area contributed by atoms with Crippen molar-refractivity contribution in [2.45, 2.75) is 32.6 Å². The molecular formula is C25H25FN6O2. The number of rotatable bonds is 5. The largest absolute Gasteiger partial charge is 0.372 e. The fourth-order valence-corrected chi connectivity index (χ4v) is 4.18. The summed E-state index contributed by atoms with van der Waals surface area (Å²) in [7, 11) is 0. The lowest BCUT2D eigenvalue weighted by Gasteiger charge is -2.35. The van der Waals surface area contributed by atoms with E-state index in [1.807, 2.05) is 43.0 Å². The highest BCUT2D eigenvalue weighted by Gasteiger charge is 2.26. The minimum Gasteiger partial charge on any atom is -0.372 e. The topological polar surface area (TPSA) is 84.7 Å². The summed E-state index contributed by atoms with van der Waals surface area (Å²) in [5, 5.41) is 16.0. The zero-order chi connectivity index (χ0) is 23.7. The summed E-state index contributed by atoms with van der Waals surface area (Å²) in [6.45, 7) is 5.66. The summed E-state index contributed by atoms with van der Waals surface area (Å²) < 4.78 is 21.5. The molecule has 1 saturated heterocycles. The number of nitrogens with one attached hydrogen (secondary N) is 1. The van der Waals surface area contributed by atoms with E-state index in [0.717, 1.165) is 5.56 Å². The fraction of sp³-hybridized carbons (Fsp3) is 0.280. The average Bonchev–Trinajstić information content (AvgIpc) is 3.25. The third-order valence-corrected chi connectivity index (χ3v) is 5.76. The summed E-state index contributed by atoms with van der Waals surface area (Å²) in [6.07, 6.45) is 0.0659. The molecule has 1 aliphatic rings. The number of nitrogens with zero attached hydrogens (tertiary/aromatic N) is 5. The SMILES string of the molecule is CC1CN(C(=O)c2ccc(CNc3ccc4nnc(-c5ccccc5F)n4n3)cc2)CC(C)O1. The molecule has 2 atom stereocenters. The number of fused-ring (bicyclic) bond motifs is 1. The Morgan fingerprint density at radius 3 is 2.50 bits per heavy atom. The summed E-state index contributed by atoms with van der Waals surface area (Å²) in [6, 6.07) is 17.5. The van der Waals surface area contributed by atoms with Gasteiger partial charge in [-0.1, -0.05) is 24.3 Å². The molecular weight excluding hydrogens is 435 g/mol. The molecule has 2 aromatic heterocycles. The van der Waals surface area contributed by atoms with Crippen molar-refractivity contribution in [3.63, 3.8) is 0 Å². The molecule has 0 saturated carbocycles. The number of carbonyl (C=O) groups excluding carboxylic acids is 1. The Labute approximate surface area is 196 Å². The Morgan fingerprint density at radius 1 is 1.03 bits per heavy atom. The van der Waals surface area contributed by atoms with Gasteiger partial charge in [-0.3, -0.25) is 4.79 Å². The Kier molecular flexibility index (Phi) is 5.93. The first-order chi connectivity index (χ1) is 16.5. The van der Waals surface area contributed by atoms with Crippen LogP contribution in [0.5, 0.6) is 0 Å². The number of aromatic nitrogens is 4. The molecule has 174 valence electrons. The summed E-state index contributed by atoms with van der Waals surface area (Å²) in [5.41, 5.74) is 2.52. The molecule has 3 heterocycles. The number of ether oxygens (including phenoxy) is 1. The molecule has 5 rings (SSSR count). The van der Waals surface area contributed by atoms with E-state index in [1.54, 1.807) is 30.3 Å². The molecule has 8 nitrogen and oxygen atoms in total. The fourth-order valence-electron chi connectivity index (χ4n) is 4.18. The van der Waals surface area contributed by atoms with Crippen LogP contribution in [0.4, 0.5) is 10.2 Å². The van der Waals surface area contributed by atoms with E-state index in [9.17, 15) is 9.18 Å². The maximum Gasteiger partial charge on any atom is 0.254 e. The predicted molar refractivity (Wildman–Crippen MR) is 126 cm³/mol. The number of morpholine rings is 1. The van der Waals surface area contributed by atoms with Crippen LogP contribution < -0.4 is 5.32 Å². The molecule has 1 fully saturated rings. The monoisotopic (exact) mass is 460 g/mol. The number of benzene rings is 2. The molecule has 0 radical (unpaired) electrons. The Hall–Kier alpha value is -3.85. The molecule has 0 aliphatic carbocycles. The van der Waals surface area contributed by atoms with Crippen LogP contribution in [0.15, 0.2) is 60.7 Å². The smallest absolute Gasteiger partial charge is 0.254 e. The molecule has 34 heavy (non-hydrogen) atoms. The van der Waals surface area contributed by atoms with E-state index >= 15 is 0 Å². The first kappa shape index (κ1) is 22.0. The number of carbonyl (C=O) groups is 1. The Bertz CT molecular complexity index is 1310. The molecule has 9 heteroatoms. The number of hydrogen-bond acceptors (Lipinski definition) is 6. The third-order valence-electron chi connectivity index (χ3n) is 5.76. The normalized spacial score (nSPS) is 18.3. The van der Waals surface area contributed by atoms with Gasteiger partial charge in [0, 0.05) is 25.2 Å². The van der Waals surface area contributed by atoms with Gasteiger partial charge in [0.1, 0.15) is 11.6 Å². The van der Waals surface area contributed by atoms with E-state index in [4.69, 9.17) is 4.74 Å². The van der Waals surface area contributed by atoms with E-state index in [-0.39, 0.29) is 23.9 Å². The Morgan fingerprint density at radius 2 is 1.76 bits per heavy atom. The lowest BCUT2D eigenvalue weighted by atomic mass is 10.1. The van der Waals surface area contributed by atoms with Gasteiger partial charge in [-0.2, -0.15) is 4.52 Å². The number of anilines is 1. The van der Waals surface area contributed by atoms with Crippen LogP contribution >= 0.6 is 0 Å².